The van der Waals surface area contributed by atoms with Gasteiger partial charge >= 0.3 is 0 Å². The predicted octanol–water partition coefficient (Wildman–Crippen LogP) is 12.7. The summed E-state index contributed by atoms with van der Waals surface area (Å²) in [5, 5.41) is 3.57. The number of benzene rings is 7. The monoisotopic (exact) mass is 644 g/mol. The highest BCUT2D eigenvalue weighted by atomic mass is 32.1. The summed E-state index contributed by atoms with van der Waals surface area (Å²) in [5.74, 6) is 0. The maximum absolute atomic E-state index is 4.88. The summed E-state index contributed by atoms with van der Waals surface area (Å²) >= 11 is 1.74. The SMILES string of the molecule is CC1(C)c2ccccc2-c2c(-c3ccc4c(c3)c3ccc(-c5ccc(-c6nc7ccccc7s6)cc5)cc3n4-c3ccccc3)cccc21. The average Bonchev–Trinajstić information content (AvgIpc) is 3.80. The van der Waals surface area contributed by atoms with Gasteiger partial charge in [0.2, 0.25) is 0 Å². The summed E-state index contributed by atoms with van der Waals surface area (Å²) in [6.07, 6.45) is 0. The Kier molecular flexibility index (Phi) is 6.12. The molecule has 10 rings (SSSR count). The van der Waals surface area contributed by atoms with Crippen LogP contribution in [0.5, 0.6) is 0 Å². The summed E-state index contributed by atoms with van der Waals surface area (Å²) in [7, 11) is 0. The van der Waals surface area contributed by atoms with Gasteiger partial charge in [-0.05, 0) is 87.0 Å². The van der Waals surface area contributed by atoms with Crippen molar-refractivity contribution in [2.45, 2.75) is 19.3 Å². The molecule has 0 bridgehead atoms. The second-order valence-corrected chi connectivity index (χ2v) is 14.6. The third-order valence-corrected chi connectivity index (χ3v) is 11.5. The Hall–Kier alpha value is -5.77. The molecule has 3 heteroatoms. The molecule has 49 heavy (non-hydrogen) atoms. The Morgan fingerprint density at radius 2 is 1.20 bits per heavy atom. The van der Waals surface area contributed by atoms with Crippen molar-refractivity contribution < 1.29 is 0 Å². The number of hydrogen-bond acceptors (Lipinski definition) is 2. The molecule has 1 aliphatic carbocycles. The van der Waals surface area contributed by atoms with Gasteiger partial charge in [-0.25, -0.2) is 4.98 Å². The summed E-state index contributed by atoms with van der Waals surface area (Å²) in [6, 6.07) is 57.7. The molecule has 0 saturated heterocycles. The molecular formula is C46H32N2S. The van der Waals surface area contributed by atoms with Gasteiger partial charge in [-0.2, -0.15) is 0 Å². The van der Waals surface area contributed by atoms with Crippen molar-refractivity contribution in [2.24, 2.45) is 0 Å². The number of thiazole rings is 1. The highest BCUT2D eigenvalue weighted by molar-refractivity contribution is 7.21. The van der Waals surface area contributed by atoms with Crippen LogP contribution in [0.1, 0.15) is 25.0 Å². The van der Waals surface area contributed by atoms with E-state index in [1.165, 1.54) is 71.0 Å². The van der Waals surface area contributed by atoms with Crippen LogP contribution in [0.25, 0.3) is 81.7 Å². The van der Waals surface area contributed by atoms with Crippen molar-refractivity contribution in [3.05, 3.63) is 169 Å². The van der Waals surface area contributed by atoms with Crippen molar-refractivity contribution in [1.82, 2.24) is 9.55 Å². The first-order valence-electron chi connectivity index (χ1n) is 16.9. The molecule has 1 aliphatic rings. The van der Waals surface area contributed by atoms with Crippen LogP contribution in [0.3, 0.4) is 0 Å². The minimum atomic E-state index is -0.0294. The fourth-order valence-corrected chi connectivity index (χ4v) is 8.99. The van der Waals surface area contributed by atoms with E-state index >= 15 is 0 Å². The lowest BCUT2D eigenvalue weighted by atomic mass is 9.82. The predicted molar refractivity (Wildman–Crippen MR) is 208 cm³/mol. The lowest BCUT2D eigenvalue weighted by molar-refractivity contribution is 0.660. The highest BCUT2D eigenvalue weighted by Crippen LogP contribution is 2.52. The van der Waals surface area contributed by atoms with Crippen LogP contribution in [0, 0.1) is 0 Å². The van der Waals surface area contributed by atoms with Crippen molar-refractivity contribution in [2.75, 3.05) is 0 Å². The zero-order valence-electron chi connectivity index (χ0n) is 27.3. The van der Waals surface area contributed by atoms with Crippen LogP contribution in [-0.4, -0.2) is 9.55 Å². The molecule has 0 fully saturated rings. The van der Waals surface area contributed by atoms with Crippen molar-refractivity contribution >= 4 is 43.4 Å². The van der Waals surface area contributed by atoms with E-state index in [-0.39, 0.29) is 5.41 Å². The van der Waals surface area contributed by atoms with Crippen molar-refractivity contribution in [3.8, 4) is 49.6 Å². The molecule has 0 aliphatic heterocycles. The van der Waals surface area contributed by atoms with E-state index in [2.05, 4.69) is 170 Å². The van der Waals surface area contributed by atoms with Crippen LogP contribution in [0.15, 0.2) is 158 Å². The van der Waals surface area contributed by atoms with Gasteiger partial charge in [0.25, 0.3) is 0 Å². The molecular weight excluding hydrogens is 613 g/mol. The topological polar surface area (TPSA) is 17.8 Å². The number of rotatable bonds is 4. The fourth-order valence-electron chi connectivity index (χ4n) is 8.02. The molecule has 2 heterocycles. The third kappa shape index (κ3) is 4.29. The van der Waals surface area contributed by atoms with Crippen LogP contribution in [0.4, 0.5) is 0 Å². The summed E-state index contributed by atoms with van der Waals surface area (Å²) in [4.78, 5) is 4.88. The van der Waals surface area contributed by atoms with Gasteiger partial charge in [-0.1, -0.05) is 129 Å². The zero-order chi connectivity index (χ0) is 32.7. The van der Waals surface area contributed by atoms with Gasteiger partial charge in [-0.15, -0.1) is 11.3 Å². The van der Waals surface area contributed by atoms with Gasteiger partial charge < -0.3 is 4.57 Å². The maximum atomic E-state index is 4.88. The Balaban J connectivity index is 1.13. The van der Waals surface area contributed by atoms with E-state index in [0.717, 1.165) is 21.8 Å². The number of hydrogen-bond donors (Lipinski definition) is 0. The molecule has 0 amide bonds. The minimum absolute atomic E-state index is 0.0294. The molecule has 0 N–H and O–H groups in total. The largest absolute Gasteiger partial charge is 0.309 e. The normalized spacial score (nSPS) is 13.3. The Labute approximate surface area is 289 Å². The second-order valence-electron chi connectivity index (χ2n) is 13.6. The Bertz CT molecular complexity index is 2700. The van der Waals surface area contributed by atoms with E-state index in [4.69, 9.17) is 4.98 Å². The molecule has 7 aromatic carbocycles. The van der Waals surface area contributed by atoms with Gasteiger partial charge in [0.15, 0.2) is 0 Å². The van der Waals surface area contributed by atoms with E-state index in [1.54, 1.807) is 11.3 Å². The standard InChI is InChI=1S/C46H32N2S/c1-46(2)38-15-7-6-13-36(38)44-34(14-10-16-39(44)46)32-24-26-41-37(27-32)35-25-23-31(28-42(35)48(41)33-11-4-3-5-12-33)29-19-21-30(22-20-29)45-47-40-17-8-9-18-43(40)49-45/h3-28H,1-2H3. The van der Waals surface area contributed by atoms with Gasteiger partial charge in [0, 0.05) is 27.4 Å². The maximum Gasteiger partial charge on any atom is 0.124 e. The summed E-state index contributed by atoms with van der Waals surface area (Å²) < 4.78 is 3.63. The van der Waals surface area contributed by atoms with Gasteiger partial charge in [0.05, 0.1) is 21.3 Å². The highest BCUT2D eigenvalue weighted by Gasteiger charge is 2.36. The number of nitrogens with zero attached hydrogens (tertiary/aromatic N) is 2. The quantitative estimate of drug-likeness (QED) is 0.186. The number of aromatic nitrogens is 2. The zero-order valence-corrected chi connectivity index (χ0v) is 28.1. The molecule has 0 atom stereocenters. The smallest absolute Gasteiger partial charge is 0.124 e. The van der Waals surface area contributed by atoms with Gasteiger partial charge in [-0.3, -0.25) is 0 Å². The lowest BCUT2D eigenvalue weighted by Gasteiger charge is -2.21. The van der Waals surface area contributed by atoms with Crippen LogP contribution in [0.2, 0.25) is 0 Å². The molecule has 2 nitrogen and oxygen atoms in total. The van der Waals surface area contributed by atoms with E-state index < -0.39 is 0 Å². The number of para-hydroxylation sites is 2. The van der Waals surface area contributed by atoms with E-state index in [9.17, 15) is 0 Å². The van der Waals surface area contributed by atoms with Crippen molar-refractivity contribution in [3.63, 3.8) is 0 Å². The van der Waals surface area contributed by atoms with Crippen molar-refractivity contribution in [1.29, 1.82) is 0 Å². The number of fused-ring (bicyclic) bond motifs is 7. The van der Waals surface area contributed by atoms with E-state index in [0.29, 0.717) is 0 Å². The first kappa shape index (κ1) is 28.3. The van der Waals surface area contributed by atoms with Crippen LogP contribution < -0.4 is 0 Å². The molecule has 232 valence electrons. The Morgan fingerprint density at radius 1 is 0.510 bits per heavy atom. The molecule has 9 aromatic rings. The lowest BCUT2D eigenvalue weighted by Crippen LogP contribution is -2.14. The van der Waals surface area contributed by atoms with Gasteiger partial charge in [0.1, 0.15) is 5.01 Å². The van der Waals surface area contributed by atoms with Crippen LogP contribution in [-0.2, 0) is 5.41 Å². The summed E-state index contributed by atoms with van der Waals surface area (Å²) in [5.41, 5.74) is 16.2. The molecule has 0 spiro atoms. The second kappa shape index (κ2) is 10.6. The minimum Gasteiger partial charge on any atom is -0.309 e. The molecule has 0 radical (unpaired) electrons. The molecule has 0 unspecified atom stereocenters. The molecule has 0 saturated carbocycles. The fraction of sp³-hybridized carbons (Fsp3) is 0.0652. The van der Waals surface area contributed by atoms with Crippen LogP contribution >= 0.6 is 11.3 Å². The average molecular weight is 645 g/mol. The first-order valence-corrected chi connectivity index (χ1v) is 17.7. The van der Waals surface area contributed by atoms with E-state index in [1.807, 2.05) is 6.07 Å². The summed E-state index contributed by atoms with van der Waals surface area (Å²) in [6.45, 7) is 4.70. The molecule has 2 aromatic heterocycles. The Morgan fingerprint density at radius 3 is 2.06 bits per heavy atom. The first-order chi connectivity index (χ1) is 24.0. The third-order valence-electron chi connectivity index (χ3n) is 10.5.